The molecule has 2 aromatic heterocycles. The highest BCUT2D eigenvalue weighted by atomic mass is 127. The number of benzene rings is 1. The van der Waals surface area contributed by atoms with Crippen LogP contribution >= 0.6 is 34.2 Å². The van der Waals surface area contributed by atoms with E-state index in [1.54, 1.807) is 29.8 Å². The Balaban J connectivity index is 1.43. The highest BCUT2D eigenvalue weighted by Gasteiger charge is 2.18. The first-order chi connectivity index (χ1) is 15.7. The van der Waals surface area contributed by atoms with Crippen molar-refractivity contribution in [3.8, 4) is 5.75 Å². The van der Waals surface area contributed by atoms with Crippen LogP contribution in [-0.4, -0.2) is 50.9 Å². The first-order valence-corrected chi connectivity index (χ1v) is 11.6. The number of ether oxygens (including phenoxy) is 1. The van der Waals surface area contributed by atoms with Crippen LogP contribution in [0.15, 0.2) is 22.7 Å². The van der Waals surface area contributed by atoms with E-state index in [1.807, 2.05) is 20.8 Å². The van der Waals surface area contributed by atoms with E-state index in [9.17, 15) is 9.59 Å². The van der Waals surface area contributed by atoms with Gasteiger partial charge in [0.15, 0.2) is 11.9 Å². The smallest absolute Gasteiger partial charge is 0.316 e. The van der Waals surface area contributed by atoms with Crippen LogP contribution in [0.25, 0.3) is 0 Å². The molecule has 1 aromatic carbocycles. The molecule has 0 aliphatic heterocycles. The second-order valence-corrected chi connectivity index (χ2v) is 8.89. The van der Waals surface area contributed by atoms with Crippen molar-refractivity contribution >= 4 is 46.0 Å². The van der Waals surface area contributed by atoms with Gasteiger partial charge in [-0.2, -0.15) is 10.1 Å². The van der Waals surface area contributed by atoms with E-state index in [2.05, 4.69) is 48.5 Å². The lowest BCUT2D eigenvalue weighted by atomic mass is 10.2. The van der Waals surface area contributed by atoms with Gasteiger partial charge in [-0.1, -0.05) is 16.8 Å². The topological polar surface area (TPSA) is 124 Å². The third-order valence-electron chi connectivity index (χ3n) is 4.77. The maximum Gasteiger partial charge on any atom is 0.316 e. The lowest BCUT2D eigenvalue weighted by Crippen LogP contribution is -2.40. The molecule has 2 amide bonds. The van der Waals surface area contributed by atoms with Gasteiger partial charge >= 0.3 is 11.8 Å². The number of nitrogens with zero attached hydrogens (tertiary/aromatic N) is 4. The van der Waals surface area contributed by atoms with Crippen molar-refractivity contribution < 1.29 is 18.8 Å². The summed E-state index contributed by atoms with van der Waals surface area (Å²) in [6.07, 6.45) is -0.712. The number of aryl methyl sites for hydroxylation is 2. The highest BCUT2D eigenvalue weighted by molar-refractivity contribution is 14.1. The summed E-state index contributed by atoms with van der Waals surface area (Å²) in [5.74, 6) is -0.0515. The Kier molecular flexibility index (Phi) is 8.30. The number of carbonyl (C=O) groups is 2. The Morgan fingerprint density at radius 2 is 1.97 bits per heavy atom. The van der Waals surface area contributed by atoms with E-state index < -0.39 is 12.0 Å². The molecule has 12 heteroatoms. The molecule has 0 spiro atoms. The number of hydrogen-bond acceptors (Lipinski definition) is 7. The van der Waals surface area contributed by atoms with Crippen LogP contribution in [-0.2, 0) is 11.3 Å². The number of amides is 2. The molecule has 176 valence electrons. The van der Waals surface area contributed by atoms with Gasteiger partial charge in [-0.15, -0.1) is 0 Å². The molecule has 0 saturated carbocycles. The lowest BCUT2D eigenvalue weighted by molar-refractivity contribution is -0.127. The Bertz CT molecular complexity index is 1160. The van der Waals surface area contributed by atoms with Gasteiger partial charge in [-0.3, -0.25) is 14.3 Å². The Labute approximate surface area is 209 Å². The number of rotatable bonds is 9. The van der Waals surface area contributed by atoms with Gasteiger partial charge in [-0.25, -0.2) is 0 Å². The van der Waals surface area contributed by atoms with Gasteiger partial charge in [0.1, 0.15) is 12.3 Å². The molecular formula is C21H24ClIN6O4. The van der Waals surface area contributed by atoms with Crippen LogP contribution in [0.2, 0.25) is 5.02 Å². The summed E-state index contributed by atoms with van der Waals surface area (Å²) in [7, 11) is 0. The van der Waals surface area contributed by atoms with Gasteiger partial charge in [-0.05, 0) is 74.0 Å². The molecule has 0 aliphatic rings. The standard InChI is InChI=1S/C21H24ClIN6O4/c1-11-9-15(22)5-6-16(11)32-14(4)19(30)24-7-8-25-20(31)21-26-17(28-33-21)10-29-13(3)18(23)12(2)27-29/h5-6,9,14H,7-8,10H2,1-4H3,(H,24,30)(H,25,31). The van der Waals surface area contributed by atoms with Crippen LogP contribution in [0.5, 0.6) is 5.75 Å². The molecule has 3 aromatic rings. The monoisotopic (exact) mass is 586 g/mol. The van der Waals surface area contributed by atoms with Crippen molar-refractivity contribution in [3.05, 3.63) is 55.5 Å². The average molecular weight is 587 g/mol. The molecule has 0 aliphatic carbocycles. The van der Waals surface area contributed by atoms with Gasteiger partial charge in [0.25, 0.3) is 5.91 Å². The Morgan fingerprint density at radius 1 is 1.24 bits per heavy atom. The van der Waals surface area contributed by atoms with E-state index in [0.29, 0.717) is 23.1 Å². The number of nitrogens with one attached hydrogen (secondary N) is 2. The van der Waals surface area contributed by atoms with Crippen molar-refractivity contribution in [3.63, 3.8) is 0 Å². The Morgan fingerprint density at radius 3 is 2.64 bits per heavy atom. The molecule has 1 atom stereocenters. The second kappa shape index (κ2) is 11.0. The largest absolute Gasteiger partial charge is 0.481 e. The molecule has 0 bridgehead atoms. The fourth-order valence-electron chi connectivity index (χ4n) is 2.94. The summed E-state index contributed by atoms with van der Waals surface area (Å²) in [6.45, 7) is 8.06. The van der Waals surface area contributed by atoms with Crippen molar-refractivity contribution in [1.29, 1.82) is 0 Å². The molecule has 0 radical (unpaired) electrons. The van der Waals surface area contributed by atoms with Crippen LogP contribution < -0.4 is 15.4 Å². The van der Waals surface area contributed by atoms with Crippen molar-refractivity contribution in [2.75, 3.05) is 13.1 Å². The zero-order chi connectivity index (χ0) is 24.1. The quantitative estimate of drug-likeness (QED) is 0.292. The predicted octanol–water partition coefficient (Wildman–Crippen LogP) is 2.81. The van der Waals surface area contributed by atoms with Crippen molar-refractivity contribution in [2.45, 2.75) is 40.3 Å². The SMILES string of the molecule is Cc1cc(Cl)ccc1OC(C)C(=O)NCCNC(=O)c1nc(Cn2nc(C)c(I)c2C)no1. The summed E-state index contributed by atoms with van der Waals surface area (Å²) < 4.78 is 13.6. The average Bonchev–Trinajstić information content (AvgIpc) is 3.33. The molecule has 10 nitrogen and oxygen atoms in total. The summed E-state index contributed by atoms with van der Waals surface area (Å²) >= 11 is 8.16. The molecule has 2 N–H and O–H groups in total. The fourth-order valence-corrected chi connectivity index (χ4v) is 3.56. The minimum atomic E-state index is -0.712. The second-order valence-electron chi connectivity index (χ2n) is 7.38. The summed E-state index contributed by atoms with van der Waals surface area (Å²) in [5.41, 5.74) is 2.74. The van der Waals surface area contributed by atoms with E-state index >= 15 is 0 Å². The van der Waals surface area contributed by atoms with Gasteiger partial charge in [0.2, 0.25) is 0 Å². The van der Waals surface area contributed by atoms with Crippen molar-refractivity contribution in [1.82, 2.24) is 30.6 Å². The third kappa shape index (κ3) is 6.44. The van der Waals surface area contributed by atoms with Crippen LogP contribution in [0, 0.1) is 24.3 Å². The highest BCUT2D eigenvalue weighted by Crippen LogP contribution is 2.22. The molecule has 3 rings (SSSR count). The number of hydrogen-bond donors (Lipinski definition) is 2. The van der Waals surface area contributed by atoms with Crippen LogP contribution in [0.1, 0.15) is 40.4 Å². The normalized spacial score (nSPS) is 11.8. The molecule has 2 heterocycles. The summed E-state index contributed by atoms with van der Waals surface area (Å²) in [4.78, 5) is 28.6. The zero-order valence-electron chi connectivity index (χ0n) is 18.6. The first kappa shape index (κ1) is 25.0. The lowest BCUT2D eigenvalue weighted by Gasteiger charge is -2.16. The summed E-state index contributed by atoms with van der Waals surface area (Å²) in [5, 5.41) is 14.2. The van der Waals surface area contributed by atoms with Gasteiger partial charge in [0, 0.05) is 23.8 Å². The molecular weight excluding hydrogens is 563 g/mol. The van der Waals surface area contributed by atoms with E-state index in [-0.39, 0.29) is 24.9 Å². The molecule has 33 heavy (non-hydrogen) atoms. The predicted molar refractivity (Wildman–Crippen MR) is 129 cm³/mol. The minimum absolute atomic E-state index is 0.150. The minimum Gasteiger partial charge on any atom is -0.481 e. The van der Waals surface area contributed by atoms with E-state index in [1.165, 1.54) is 0 Å². The fraction of sp³-hybridized carbons (Fsp3) is 0.381. The molecule has 1 unspecified atom stereocenters. The summed E-state index contributed by atoms with van der Waals surface area (Å²) in [6, 6.07) is 5.18. The van der Waals surface area contributed by atoms with Gasteiger partial charge < -0.3 is 19.9 Å². The Hall–Kier alpha value is -2.67. The maximum atomic E-state index is 12.2. The van der Waals surface area contributed by atoms with Crippen LogP contribution in [0.4, 0.5) is 0 Å². The number of halogens is 2. The maximum absolute atomic E-state index is 12.2. The van der Waals surface area contributed by atoms with Gasteiger partial charge in [0.05, 0.1) is 9.26 Å². The first-order valence-electron chi connectivity index (χ1n) is 10.2. The third-order valence-corrected chi connectivity index (χ3v) is 6.56. The van der Waals surface area contributed by atoms with Crippen molar-refractivity contribution in [2.24, 2.45) is 0 Å². The molecule has 0 fully saturated rings. The van der Waals surface area contributed by atoms with E-state index in [4.69, 9.17) is 20.9 Å². The zero-order valence-corrected chi connectivity index (χ0v) is 21.5. The van der Waals surface area contributed by atoms with E-state index in [0.717, 1.165) is 20.5 Å². The number of aromatic nitrogens is 4. The number of carbonyl (C=O) groups excluding carboxylic acids is 2. The molecule has 0 saturated heterocycles. The van der Waals surface area contributed by atoms with Crippen LogP contribution in [0.3, 0.4) is 0 Å².